The van der Waals surface area contributed by atoms with Crippen LogP contribution in [0, 0.1) is 23.2 Å². The van der Waals surface area contributed by atoms with E-state index in [2.05, 4.69) is 79.4 Å². The lowest BCUT2D eigenvalue weighted by Crippen LogP contribution is -2.62. The van der Waals surface area contributed by atoms with E-state index in [9.17, 15) is 68.1 Å². The van der Waals surface area contributed by atoms with Crippen LogP contribution in [-0.2, 0) is 112 Å². The third kappa shape index (κ3) is 33.7. The number of aliphatic hydroxyl groups excluding tert-OH is 1. The van der Waals surface area contributed by atoms with E-state index in [1.807, 2.05) is 30.3 Å². The predicted molar refractivity (Wildman–Crippen MR) is 514 cm³/mol. The molecule has 1 aromatic heterocycles. The SMILES string of the molecule is CC(C)C[C@@H]1NC(=O)[C@H](Cc2c[nH]c3ccccc23)NC(=O)[C@H](CC(=O)O)NC(=O)[C@H](Cc2ccc(O)cc2)NC(=O)[C@H](Cc2ccccc2)NC(=O)CSC[C@@H](C(=O)N[C@@H](C)C(N)=O)NC(=O)[C@H]([C@@H](C)O)NC(=O)[C@H](CCCNC(=N)N)NC(=O)[C@H](CC(C)C)NC(=O)[C@H](CC(N)=O)NC(=O)[C@H]2CCCN2C(=O)[C@H](C)N(C)C(=O)[C@H](C(C)C)NC(=O)[C@H](Cc2ccc(-c3ccccc3)cc2)NC1=O. The number of aliphatic carboxylic acids is 1. The fourth-order valence-corrected chi connectivity index (χ4v) is 16.7. The first-order chi connectivity index (χ1) is 65.8. The number of hydrogen-bond donors (Lipinski definition) is 22. The third-order valence-electron chi connectivity index (χ3n) is 23.5. The van der Waals surface area contributed by atoms with Crippen LogP contribution >= 0.6 is 11.8 Å². The van der Waals surface area contributed by atoms with Crippen molar-refractivity contribution >= 4 is 135 Å². The van der Waals surface area contributed by atoms with Crippen molar-refractivity contribution in [3.05, 3.63) is 162 Å². The van der Waals surface area contributed by atoms with Gasteiger partial charge in [-0.2, -0.15) is 0 Å². The predicted octanol–water partition coefficient (Wildman–Crippen LogP) is -1.05. The molecule has 8 rings (SSSR count). The summed E-state index contributed by atoms with van der Waals surface area (Å²) in [5, 5.41) is 76.7. The van der Waals surface area contributed by atoms with Crippen molar-refractivity contribution in [1.82, 2.24) is 89.2 Å². The first kappa shape index (κ1) is 110. The molecule has 2 saturated heterocycles. The topological polar surface area (TPSA) is 661 Å². The number of aromatic nitrogens is 1. The van der Waals surface area contributed by atoms with Crippen molar-refractivity contribution in [2.24, 2.45) is 35.0 Å². The van der Waals surface area contributed by atoms with Crippen molar-refractivity contribution < 1.29 is 102 Å². The van der Waals surface area contributed by atoms with Gasteiger partial charge in [0, 0.05) is 68.7 Å². The molecule has 0 unspecified atom stereocenters. The van der Waals surface area contributed by atoms with Crippen molar-refractivity contribution in [3.63, 3.8) is 0 Å². The Morgan fingerprint density at radius 2 is 0.957 bits per heavy atom. The zero-order valence-corrected chi connectivity index (χ0v) is 80.1. The van der Waals surface area contributed by atoms with Crippen LogP contribution in [0.2, 0.25) is 0 Å². The number of thioether (sulfide) groups is 1. The lowest BCUT2D eigenvalue weighted by Gasteiger charge is -2.34. The van der Waals surface area contributed by atoms with Gasteiger partial charge < -0.3 is 122 Å². The number of carboxylic acids is 1. The average Bonchev–Trinajstić information content (AvgIpc) is 1.71. The number of benzene rings is 5. The van der Waals surface area contributed by atoms with Gasteiger partial charge in [-0.1, -0.05) is 157 Å². The molecular formula is C96H129N21O21S. The summed E-state index contributed by atoms with van der Waals surface area (Å²) in [5.41, 5.74) is 20.7. The smallest absolute Gasteiger partial charge is 0.305 e. The van der Waals surface area contributed by atoms with E-state index in [1.165, 1.54) is 50.1 Å². The molecule has 6 aromatic rings. The van der Waals surface area contributed by atoms with Gasteiger partial charge in [-0.15, -0.1) is 11.8 Å². The number of phenolic OH excluding ortho intramolecular Hbond substituents is 1. The van der Waals surface area contributed by atoms with Gasteiger partial charge in [0.05, 0.1) is 24.7 Å². The van der Waals surface area contributed by atoms with Crippen molar-refractivity contribution in [3.8, 4) is 16.9 Å². The molecule has 0 spiro atoms. The summed E-state index contributed by atoms with van der Waals surface area (Å²) in [6, 6.07) is 12.2. The Hall–Kier alpha value is -14.5. The Morgan fingerprint density at radius 3 is 1.49 bits per heavy atom. The Morgan fingerprint density at radius 1 is 0.504 bits per heavy atom. The number of carboxylic acid groups (broad SMARTS) is 1. The molecule has 0 radical (unpaired) electrons. The Bertz CT molecular complexity index is 5360. The maximum absolute atomic E-state index is 15.5. The summed E-state index contributed by atoms with van der Waals surface area (Å²) in [5.74, 6) is -22.6. The summed E-state index contributed by atoms with van der Waals surface area (Å²) in [6.45, 7) is 13.6. The number of amides is 17. The van der Waals surface area contributed by atoms with Gasteiger partial charge in [0.15, 0.2) is 5.96 Å². The number of nitrogens with two attached hydrogens (primary N) is 3. The maximum Gasteiger partial charge on any atom is 0.305 e. The van der Waals surface area contributed by atoms with Crippen molar-refractivity contribution in [2.75, 3.05) is 31.6 Å². The van der Waals surface area contributed by atoms with E-state index in [1.54, 1.807) is 127 Å². The molecule has 139 heavy (non-hydrogen) atoms. The summed E-state index contributed by atoms with van der Waals surface area (Å²) in [7, 11) is 1.30. The lowest BCUT2D eigenvalue weighted by atomic mass is 9.97. The quantitative estimate of drug-likeness (QED) is 0.0175. The molecule has 3 heterocycles. The zero-order chi connectivity index (χ0) is 102. The molecule has 42 nitrogen and oxygen atoms in total. The number of likely N-dealkylation sites (N-methyl/N-ethyl adjacent to an activating group) is 1. The fraction of sp³-hybridized carbons (Fsp3) is 0.469. The maximum atomic E-state index is 15.5. The van der Waals surface area contributed by atoms with Crippen LogP contribution in [0.3, 0.4) is 0 Å². The van der Waals surface area contributed by atoms with E-state index in [0.29, 0.717) is 39.4 Å². The number of guanidine groups is 1. The van der Waals surface area contributed by atoms with Crippen LogP contribution < -0.4 is 91.6 Å². The van der Waals surface area contributed by atoms with E-state index >= 15 is 33.6 Å². The minimum Gasteiger partial charge on any atom is -0.508 e. The number of phenols is 1. The molecule has 2 aliphatic rings. The normalized spacial score (nSPS) is 23.6. The molecule has 43 heteroatoms. The van der Waals surface area contributed by atoms with E-state index in [-0.39, 0.29) is 82.2 Å². The number of primary amides is 2. The van der Waals surface area contributed by atoms with Crippen molar-refractivity contribution in [2.45, 2.75) is 236 Å². The molecule has 0 saturated carbocycles. The Balaban J connectivity index is 1.21. The van der Waals surface area contributed by atoms with Gasteiger partial charge in [0.25, 0.3) is 0 Å². The molecule has 16 atom stereocenters. The van der Waals surface area contributed by atoms with E-state index in [4.69, 9.17) is 22.6 Å². The number of carbonyl (C=O) groups excluding carboxylic acids is 17. The molecule has 17 amide bonds. The number of aliphatic hydroxyl groups is 1. The molecule has 0 aliphatic carbocycles. The number of para-hydroxylation sites is 1. The first-order valence-corrected chi connectivity index (χ1v) is 47.2. The van der Waals surface area contributed by atoms with Crippen LogP contribution in [0.15, 0.2) is 140 Å². The van der Waals surface area contributed by atoms with Crippen LogP contribution in [0.25, 0.3) is 22.0 Å². The highest BCUT2D eigenvalue weighted by molar-refractivity contribution is 8.00. The van der Waals surface area contributed by atoms with Gasteiger partial charge >= 0.3 is 5.97 Å². The number of hydrogen-bond acceptors (Lipinski definition) is 22. The monoisotopic (exact) mass is 1940 g/mol. The molecule has 0 bridgehead atoms. The summed E-state index contributed by atoms with van der Waals surface area (Å²) in [4.78, 5) is 268. The zero-order valence-electron chi connectivity index (χ0n) is 79.3. The molecular weight excluding hydrogens is 1820 g/mol. The molecule has 5 aromatic carbocycles. The molecule has 2 aliphatic heterocycles. The molecule has 25 N–H and O–H groups in total. The Kier molecular flexibility index (Phi) is 41.6. The van der Waals surface area contributed by atoms with Gasteiger partial charge in [-0.05, 0) is 129 Å². The second kappa shape index (κ2) is 52.7. The number of H-pyrrole nitrogens is 1. The average molecular weight is 1950 g/mol. The Labute approximate surface area is 808 Å². The number of rotatable bonds is 26. The number of aromatic amines is 1. The largest absolute Gasteiger partial charge is 0.508 e. The van der Waals surface area contributed by atoms with Crippen LogP contribution in [-0.4, -0.2) is 271 Å². The van der Waals surface area contributed by atoms with Gasteiger partial charge in [0.1, 0.15) is 96.4 Å². The molecule has 750 valence electrons. The number of nitrogens with one attached hydrogen (secondary N) is 16. The number of carbonyl (C=O) groups is 18. The summed E-state index contributed by atoms with van der Waals surface area (Å²) < 4.78 is 0. The van der Waals surface area contributed by atoms with Crippen molar-refractivity contribution in [1.29, 1.82) is 5.41 Å². The standard InChI is InChI=1S/C96H129N21O21S/c1-50(2)39-66-83(126)105-65(27-19-37-101-96(99)100)82(125)115-80(55(9)118)93(136)113-74(91(134)103-53(7)81(98)124)48-139-49-77(121)104-68(41-56-21-13-11-14-22-56)85(128)108-69(43-58-31-35-62(119)36-32-58)86(129)111-73(46-78(122)123)89(132)110-71(44-61-47-102-64-26-18-17-25-63(61)64)87(130)106-67(40-51(3)4)84(127)109-70(42-57-29-33-60(34-30-57)59-23-15-12-16-24-59)90(133)114-79(52(5)6)95(138)116(10)54(8)94(137)117-38-20-28-75(117)92(135)112-72(45-76(97)120)88(131)107-66/h11-18,21-26,29-36,47,50-55,65-75,79-80,102,118-119H,19-20,27-28,37-46,48-49H2,1-10H3,(H2,97,120)(H2,98,124)(H,103,134)(H,104,121)(H,105,126)(H,106,130)(H,107,131)(H,108,128)(H,109,127)(H,110,132)(H,111,129)(H,112,135)(H,113,136)(H,114,133)(H,115,125)(H,122,123)(H4,99,100,101)/t53-,54-,55+,65-,66-,67-,68-,69-,70-,71-,72-,73-,74-,75+,79-,80-/m0/s1. The second-order valence-corrected chi connectivity index (χ2v) is 37.0. The number of fused-ring (bicyclic) bond motifs is 2. The highest BCUT2D eigenvalue weighted by atomic mass is 32.2. The second-order valence-electron chi connectivity index (χ2n) is 36.0. The van der Waals surface area contributed by atoms with E-state index in [0.717, 1.165) is 23.0 Å². The van der Waals surface area contributed by atoms with Gasteiger partial charge in [-0.25, -0.2) is 0 Å². The van der Waals surface area contributed by atoms with Gasteiger partial charge in [0.2, 0.25) is 100 Å². The summed E-state index contributed by atoms with van der Waals surface area (Å²) in [6.07, 6.45) is -4.01. The third-order valence-corrected chi connectivity index (χ3v) is 24.5. The molecule has 2 fully saturated rings. The minimum atomic E-state index is -2.07. The lowest BCUT2D eigenvalue weighted by molar-refractivity contribution is -0.148. The summed E-state index contributed by atoms with van der Waals surface area (Å²) >= 11 is 0.686. The van der Waals surface area contributed by atoms with Crippen LogP contribution in [0.1, 0.15) is 136 Å². The first-order valence-electron chi connectivity index (χ1n) is 46.0. The van der Waals surface area contributed by atoms with E-state index < -0.39 is 258 Å². The minimum absolute atomic E-state index is 0.00275. The van der Waals surface area contributed by atoms with Crippen LogP contribution in [0.4, 0.5) is 0 Å². The van der Waals surface area contributed by atoms with Gasteiger partial charge in [-0.3, -0.25) is 91.7 Å². The number of aromatic hydroxyl groups is 1. The highest BCUT2D eigenvalue weighted by Gasteiger charge is 2.44. The van der Waals surface area contributed by atoms with Crippen LogP contribution in [0.5, 0.6) is 5.75 Å². The fourth-order valence-electron chi connectivity index (χ4n) is 15.8. The number of nitrogens with zero attached hydrogens (tertiary/aromatic N) is 2. The highest BCUT2D eigenvalue weighted by Crippen LogP contribution is 2.26.